The van der Waals surface area contributed by atoms with E-state index in [0.717, 1.165) is 24.8 Å². The summed E-state index contributed by atoms with van der Waals surface area (Å²) < 4.78 is 18.3. The van der Waals surface area contributed by atoms with Crippen LogP contribution in [-0.2, 0) is 29.0 Å². The Morgan fingerprint density at radius 3 is 2.69 bits per heavy atom. The van der Waals surface area contributed by atoms with Gasteiger partial charge >= 0.3 is 0 Å². The lowest BCUT2D eigenvalue weighted by molar-refractivity contribution is -0.129. The molecule has 1 saturated heterocycles. The summed E-state index contributed by atoms with van der Waals surface area (Å²) in [5.74, 6) is 1.59. The Morgan fingerprint density at radius 2 is 1.94 bits per heavy atom. The molecule has 0 bridgehead atoms. The molecule has 2 aliphatic heterocycles. The van der Waals surface area contributed by atoms with E-state index >= 15 is 0 Å². The summed E-state index contributed by atoms with van der Waals surface area (Å²) >= 11 is 1.32. The molecule has 3 aromatic rings. The van der Waals surface area contributed by atoms with Crippen LogP contribution in [0, 0.1) is 0 Å². The molecule has 2 aromatic carbocycles. The molecule has 0 aliphatic carbocycles. The molecule has 5 rings (SSSR count). The molecule has 1 atom stereocenters. The summed E-state index contributed by atoms with van der Waals surface area (Å²) in [7, 11) is 3.23. The van der Waals surface area contributed by atoms with Gasteiger partial charge in [-0.05, 0) is 54.7 Å². The largest absolute Gasteiger partial charge is 0.493 e. The van der Waals surface area contributed by atoms with E-state index in [1.54, 1.807) is 24.9 Å². The molecule has 184 valence electrons. The van der Waals surface area contributed by atoms with E-state index in [9.17, 15) is 9.59 Å². The van der Waals surface area contributed by atoms with Gasteiger partial charge in [-0.15, -0.1) is 0 Å². The van der Waals surface area contributed by atoms with Crippen LogP contribution >= 0.6 is 11.8 Å². The quantitative estimate of drug-likeness (QED) is 0.368. The van der Waals surface area contributed by atoms with Crippen LogP contribution in [0.1, 0.15) is 24.0 Å². The molecule has 8 nitrogen and oxygen atoms in total. The van der Waals surface area contributed by atoms with E-state index < -0.39 is 0 Å². The first kappa shape index (κ1) is 23.7. The number of benzene rings is 2. The van der Waals surface area contributed by atoms with Crippen LogP contribution < -0.4 is 15.0 Å². The molecule has 1 unspecified atom stereocenters. The number of carbonyl (C=O) groups excluding carboxylic acids is 1. The van der Waals surface area contributed by atoms with Crippen LogP contribution in [0.15, 0.2) is 46.3 Å². The van der Waals surface area contributed by atoms with Gasteiger partial charge in [-0.2, -0.15) is 0 Å². The zero-order valence-electron chi connectivity index (χ0n) is 20.0. The van der Waals surface area contributed by atoms with Crippen LogP contribution in [0.25, 0.3) is 10.9 Å². The number of hydrogen-bond acceptors (Lipinski definition) is 7. The highest BCUT2D eigenvalue weighted by molar-refractivity contribution is 7.99. The van der Waals surface area contributed by atoms with Crippen molar-refractivity contribution in [2.75, 3.05) is 33.1 Å². The number of thioether (sulfide) groups is 1. The SMILES string of the molecule is COc1cc2c(cc1OC)CN(C(=O)CSc1nc3ccccc3c(=O)n1CC1CCCO1)CC2. The number of methoxy groups -OCH3 is 2. The van der Waals surface area contributed by atoms with E-state index in [0.29, 0.717) is 53.8 Å². The van der Waals surface area contributed by atoms with E-state index in [1.807, 2.05) is 35.2 Å². The Kier molecular flexibility index (Phi) is 6.97. The molecule has 0 radical (unpaired) electrons. The number of nitrogens with zero attached hydrogens (tertiary/aromatic N) is 3. The normalized spacial score (nSPS) is 17.4. The maximum absolute atomic E-state index is 13.3. The lowest BCUT2D eigenvalue weighted by Crippen LogP contribution is -2.37. The van der Waals surface area contributed by atoms with Crippen molar-refractivity contribution < 1.29 is 19.0 Å². The minimum atomic E-state index is -0.0889. The van der Waals surface area contributed by atoms with Crippen LogP contribution in [0.3, 0.4) is 0 Å². The van der Waals surface area contributed by atoms with Crippen LogP contribution in [-0.4, -0.2) is 59.6 Å². The fraction of sp³-hybridized carbons (Fsp3) is 0.423. The number of carbonyl (C=O) groups is 1. The number of hydrogen-bond donors (Lipinski definition) is 0. The van der Waals surface area contributed by atoms with Gasteiger partial charge in [-0.3, -0.25) is 14.2 Å². The lowest BCUT2D eigenvalue weighted by Gasteiger charge is -2.29. The molecular formula is C26H29N3O5S. The molecule has 1 aromatic heterocycles. The van der Waals surface area contributed by atoms with Gasteiger partial charge in [0, 0.05) is 19.7 Å². The van der Waals surface area contributed by atoms with Crippen molar-refractivity contribution in [1.82, 2.24) is 14.5 Å². The van der Waals surface area contributed by atoms with Crippen LogP contribution in [0.4, 0.5) is 0 Å². The van der Waals surface area contributed by atoms with Gasteiger partial charge in [0.15, 0.2) is 16.7 Å². The molecular weight excluding hydrogens is 466 g/mol. The standard InChI is InChI=1S/C26H29N3O5S/c1-32-22-12-17-9-10-28(14-18(17)13-23(22)33-2)24(30)16-35-26-27-21-8-4-3-7-20(21)25(31)29(26)15-19-6-5-11-34-19/h3-4,7-8,12-13,19H,5-6,9-11,14-16H2,1-2H3. The highest BCUT2D eigenvalue weighted by Crippen LogP contribution is 2.33. The second kappa shape index (κ2) is 10.3. The van der Waals surface area contributed by atoms with E-state index in [1.165, 1.54) is 17.3 Å². The van der Waals surface area contributed by atoms with Gasteiger partial charge in [0.05, 0.1) is 43.5 Å². The molecule has 1 fully saturated rings. The Hall–Kier alpha value is -3.04. The fourth-order valence-corrected chi connectivity index (χ4v) is 5.64. The number of ether oxygens (including phenoxy) is 3. The summed E-state index contributed by atoms with van der Waals surface area (Å²) in [6.45, 7) is 2.32. The Balaban J connectivity index is 1.34. The predicted molar refractivity (Wildman–Crippen MR) is 134 cm³/mol. The Morgan fingerprint density at radius 1 is 1.17 bits per heavy atom. The van der Waals surface area contributed by atoms with E-state index in [2.05, 4.69) is 0 Å². The minimum Gasteiger partial charge on any atom is -0.493 e. The molecule has 35 heavy (non-hydrogen) atoms. The summed E-state index contributed by atoms with van der Waals surface area (Å²) in [5.41, 5.74) is 2.78. The lowest BCUT2D eigenvalue weighted by atomic mass is 9.99. The van der Waals surface area contributed by atoms with Crippen molar-refractivity contribution in [3.05, 3.63) is 57.9 Å². The highest BCUT2D eigenvalue weighted by Gasteiger charge is 2.25. The van der Waals surface area contributed by atoms with Crippen molar-refractivity contribution in [1.29, 1.82) is 0 Å². The predicted octanol–water partition coefficient (Wildman–Crippen LogP) is 3.27. The number of amides is 1. The third-order valence-corrected chi connectivity index (χ3v) is 7.59. The van der Waals surface area contributed by atoms with Crippen molar-refractivity contribution >= 4 is 28.6 Å². The van der Waals surface area contributed by atoms with Crippen LogP contribution in [0.2, 0.25) is 0 Å². The molecule has 0 spiro atoms. The molecule has 1 amide bonds. The molecule has 0 N–H and O–H groups in total. The van der Waals surface area contributed by atoms with Crippen molar-refractivity contribution in [2.24, 2.45) is 0 Å². The first-order chi connectivity index (χ1) is 17.1. The molecule has 0 saturated carbocycles. The Bertz CT molecular complexity index is 1300. The monoisotopic (exact) mass is 495 g/mol. The van der Waals surface area contributed by atoms with Crippen molar-refractivity contribution in [3.63, 3.8) is 0 Å². The number of fused-ring (bicyclic) bond motifs is 2. The summed E-state index contributed by atoms with van der Waals surface area (Å²) in [4.78, 5) is 33.0. The first-order valence-corrected chi connectivity index (χ1v) is 12.8. The van der Waals surface area contributed by atoms with Gasteiger partial charge < -0.3 is 19.1 Å². The number of rotatable bonds is 7. The Labute approximate surface area is 208 Å². The van der Waals surface area contributed by atoms with E-state index in [4.69, 9.17) is 19.2 Å². The third-order valence-electron chi connectivity index (χ3n) is 6.63. The molecule has 2 aliphatic rings. The van der Waals surface area contributed by atoms with Crippen molar-refractivity contribution in [2.45, 2.75) is 43.6 Å². The summed E-state index contributed by atoms with van der Waals surface area (Å²) in [6.07, 6.45) is 2.67. The zero-order valence-corrected chi connectivity index (χ0v) is 20.8. The topological polar surface area (TPSA) is 82.9 Å². The number of para-hydroxylation sites is 1. The average molecular weight is 496 g/mol. The smallest absolute Gasteiger partial charge is 0.262 e. The van der Waals surface area contributed by atoms with Gasteiger partial charge in [-0.25, -0.2) is 4.98 Å². The second-order valence-electron chi connectivity index (χ2n) is 8.79. The zero-order chi connectivity index (χ0) is 24.4. The van der Waals surface area contributed by atoms with Gasteiger partial charge in [0.1, 0.15) is 0 Å². The molecule has 3 heterocycles. The van der Waals surface area contributed by atoms with Crippen molar-refractivity contribution in [3.8, 4) is 11.5 Å². The second-order valence-corrected chi connectivity index (χ2v) is 9.73. The van der Waals surface area contributed by atoms with Gasteiger partial charge in [-0.1, -0.05) is 23.9 Å². The fourth-order valence-electron chi connectivity index (χ4n) is 4.72. The molecule has 9 heteroatoms. The highest BCUT2D eigenvalue weighted by atomic mass is 32.2. The summed E-state index contributed by atoms with van der Waals surface area (Å²) in [6, 6.07) is 11.3. The summed E-state index contributed by atoms with van der Waals surface area (Å²) in [5, 5.41) is 1.14. The van der Waals surface area contributed by atoms with Gasteiger partial charge in [0.25, 0.3) is 5.56 Å². The maximum atomic E-state index is 13.3. The minimum absolute atomic E-state index is 0.00344. The average Bonchev–Trinajstić information content (AvgIpc) is 3.41. The van der Waals surface area contributed by atoms with Gasteiger partial charge in [0.2, 0.25) is 5.91 Å². The number of aromatic nitrogens is 2. The van der Waals surface area contributed by atoms with Crippen LogP contribution in [0.5, 0.6) is 11.5 Å². The first-order valence-electron chi connectivity index (χ1n) is 11.8. The maximum Gasteiger partial charge on any atom is 0.262 e. The van der Waals surface area contributed by atoms with E-state index in [-0.39, 0.29) is 23.3 Å². The third kappa shape index (κ3) is 4.88.